The largest absolute Gasteiger partial charge is 0.490 e. The number of carbonyl (C=O) groups is 2. The van der Waals surface area contributed by atoms with Gasteiger partial charge in [0.15, 0.2) is 11.5 Å². The highest BCUT2D eigenvalue weighted by Crippen LogP contribution is 2.27. The molecule has 0 saturated carbocycles. The number of hydrogen-bond acceptors (Lipinski definition) is 7. The van der Waals surface area contributed by atoms with Crippen LogP contribution in [0.2, 0.25) is 0 Å². The van der Waals surface area contributed by atoms with Crippen molar-refractivity contribution < 1.29 is 32.6 Å². The van der Waals surface area contributed by atoms with Gasteiger partial charge in [0, 0.05) is 50.1 Å². The van der Waals surface area contributed by atoms with E-state index >= 15 is 0 Å². The van der Waals surface area contributed by atoms with Gasteiger partial charge in [-0.3, -0.25) is 9.78 Å². The van der Waals surface area contributed by atoms with Gasteiger partial charge in [-0.25, -0.2) is 14.3 Å². The molecule has 2 aliphatic heterocycles. The molecule has 3 aromatic rings. The fourth-order valence-electron chi connectivity index (χ4n) is 4.09. The maximum Gasteiger partial charge on any atom is 0.490 e. The van der Waals surface area contributed by atoms with Crippen LogP contribution in [0, 0.1) is 0 Å². The highest BCUT2D eigenvalue weighted by molar-refractivity contribution is 5.94. The zero-order valence-corrected chi connectivity index (χ0v) is 19.3. The van der Waals surface area contributed by atoms with E-state index in [9.17, 15) is 18.0 Å². The molecule has 10 nitrogen and oxygen atoms in total. The van der Waals surface area contributed by atoms with Gasteiger partial charge in [0.1, 0.15) is 0 Å². The maximum absolute atomic E-state index is 12.6. The number of pyridine rings is 2. The molecule has 3 aromatic heterocycles. The highest BCUT2D eigenvalue weighted by Gasteiger charge is 2.38. The third kappa shape index (κ3) is 6.08. The second kappa shape index (κ2) is 10.9. The summed E-state index contributed by atoms with van der Waals surface area (Å²) in [6, 6.07) is 7.67. The van der Waals surface area contributed by atoms with Gasteiger partial charge in [-0.05, 0) is 37.1 Å². The standard InChI is InChI=1S/C21H24N6O2.C2HF3O2/c28-21(17-3-7-22-8-4-17)26-9-5-16(6-10-26)20-23-19-2-1-18(15-27(19)24-20)25-11-13-29-14-12-25;3-2(4,5)1(6)7/h1-4,7-8,15-16H,5-6,9-14H2;(H,6,7). The van der Waals surface area contributed by atoms with Gasteiger partial charge in [0.05, 0.1) is 25.1 Å². The SMILES string of the molecule is O=C(O)C(F)(F)F.O=C(c1ccncc1)N1CCC(c2nc3ccc(N4CCOCC4)cn3n2)CC1. The number of ether oxygens (including phenoxy) is 1. The molecule has 5 rings (SSSR count). The van der Waals surface area contributed by atoms with Crippen molar-refractivity contribution in [2.45, 2.75) is 24.9 Å². The third-order valence-electron chi connectivity index (χ3n) is 6.03. The van der Waals surface area contributed by atoms with Crippen LogP contribution in [0.5, 0.6) is 0 Å². The number of fused-ring (bicyclic) bond motifs is 1. The summed E-state index contributed by atoms with van der Waals surface area (Å²) in [6.07, 6.45) is 2.05. The molecule has 192 valence electrons. The van der Waals surface area contributed by atoms with Crippen LogP contribution in [-0.2, 0) is 9.53 Å². The van der Waals surface area contributed by atoms with Gasteiger partial charge in [-0.1, -0.05) is 0 Å². The van der Waals surface area contributed by atoms with E-state index in [0.29, 0.717) is 5.56 Å². The van der Waals surface area contributed by atoms with E-state index in [2.05, 4.69) is 22.1 Å². The Morgan fingerprint density at radius 1 is 1.00 bits per heavy atom. The van der Waals surface area contributed by atoms with Gasteiger partial charge < -0.3 is 19.6 Å². The van der Waals surface area contributed by atoms with Crippen LogP contribution in [0.25, 0.3) is 5.65 Å². The summed E-state index contributed by atoms with van der Waals surface area (Å²) in [5.74, 6) is -1.53. The number of halogens is 3. The Morgan fingerprint density at radius 3 is 2.25 bits per heavy atom. The Morgan fingerprint density at radius 2 is 1.64 bits per heavy atom. The molecule has 5 heterocycles. The smallest absolute Gasteiger partial charge is 0.475 e. The average Bonchev–Trinajstić information content (AvgIpc) is 3.33. The number of carboxylic acids is 1. The molecule has 0 atom stereocenters. The number of carbonyl (C=O) groups excluding carboxylic acids is 1. The fourth-order valence-corrected chi connectivity index (χ4v) is 4.09. The van der Waals surface area contributed by atoms with Crippen LogP contribution in [0.15, 0.2) is 42.9 Å². The number of rotatable bonds is 3. The predicted octanol–water partition coefficient (Wildman–Crippen LogP) is 2.61. The Kier molecular flexibility index (Phi) is 7.67. The third-order valence-corrected chi connectivity index (χ3v) is 6.03. The van der Waals surface area contributed by atoms with Crippen molar-refractivity contribution >= 4 is 23.2 Å². The molecule has 0 aromatic carbocycles. The molecule has 0 aliphatic carbocycles. The summed E-state index contributed by atoms with van der Waals surface area (Å²) in [6.45, 7) is 4.77. The predicted molar refractivity (Wildman–Crippen MR) is 122 cm³/mol. The molecular formula is C23H25F3N6O4. The van der Waals surface area contributed by atoms with Crippen molar-refractivity contribution in [2.75, 3.05) is 44.3 Å². The lowest BCUT2D eigenvalue weighted by Crippen LogP contribution is -2.38. The first-order valence-corrected chi connectivity index (χ1v) is 11.4. The zero-order valence-electron chi connectivity index (χ0n) is 19.3. The van der Waals surface area contributed by atoms with Crippen LogP contribution in [-0.4, -0.2) is 87.0 Å². The molecule has 0 radical (unpaired) electrons. The number of aliphatic carboxylic acids is 1. The Bertz CT molecular complexity index is 1190. The van der Waals surface area contributed by atoms with Crippen molar-refractivity contribution in [1.82, 2.24) is 24.5 Å². The van der Waals surface area contributed by atoms with Crippen LogP contribution < -0.4 is 4.90 Å². The topological polar surface area (TPSA) is 113 Å². The minimum Gasteiger partial charge on any atom is -0.475 e. The number of likely N-dealkylation sites (tertiary alicyclic amines) is 1. The highest BCUT2D eigenvalue weighted by atomic mass is 19.4. The molecule has 0 bridgehead atoms. The quantitative estimate of drug-likeness (QED) is 0.577. The van der Waals surface area contributed by atoms with Gasteiger partial charge >= 0.3 is 12.1 Å². The van der Waals surface area contributed by atoms with E-state index < -0.39 is 12.1 Å². The van der Waals surface area contributed by atoms with Crippen LogP contribution >= 0.6 is 0 Å². The van der Waals surface area contributed by atoms with Crippen molar-refractivity contribution in [3.63, 3.8) is 0 Å². The molecule has 2 aliphatic rings. The minimum atomic E-state index is -5.08. The molecular weight excluding hydrogens is 481 g/mol. The van der Waals surface area contributed by atoms with Crippen molar-refractivity contribution in [1.29, 1.82) is 0 Å². The first-order valence-electron chi connectivity index (χ1n) is 11.4. The van der Waals surface area contributed by atoms with E-state index in [0.717, 1.165) is 69.4 Å². The van der Waals surface area contributed by atoms with E-state index in [4.69, 9.17) is 24.7 Å². The molecule has 1 amide bonds. The number of carboxylic acid groups (broad SMARTS) is 1. The normalized spacial score (nSPS) is 17.0. The average molecular weight is 506 g/mol. The number of morpholine rings is 1. The number of aromatic nitrogens is 4. The lowest BCUT2D eigenvalue weighted by molar-refractivity contribution is -0.192. The van der Waals surface area contributed by atoms with E-state index in [1.807, 2.05) is 15.5 Å². The number of alkyl halides is 3. The fraction of sp³-hybridized carbons (Fsp3) is 0.435. The lowest BCUT2D eigenvalue weighted by atomic mass is 9.96. The Hall–Kier alpha value is -3.74. The molecule has 2 fully saturated rings. The van der Waals surface area contributed by atoms with Crippen molar-refractivity contribution in [2.24, 2.45) is 0 Å². The second-order valence-electron chi connectivity index (χ2n) is 8.36. The summed E-state index contributed by atoms with van der Waals surface area (Å²) in [4.78, 5) is 34.5. The summed E-state index contributed by atoms with van der Waals surface area (Å²) >= 11 is 0. The molecule has 2 saturated heterocycles. The minimum absolute atomic E-state index is 0.0731. The first kappa shape index (κ1) is 25.4. The molecule has 36 heavy (non-hydrogen) atoms. The lowest BCUT2D eigenvalue weighted by Gasteiger charge is -2.30. The van der Waals surface area contributed by atoms with Crippen LogP contribution in [0.3, 0.4) is 0 Å². The molecule has 13 heteroatoms. The maximum atomic E-state index is 12.6. The van der Waals surface area contributed by atoms with Gasteiger partial charge in [0.2, 0.25) is 0 Å². The summed E-state index contributed by atoms with van der Waals surface area (Å²) < 4.78 is 39.1. The first-order chi connectivity index (χ1) is 17.2. The Labute approximate surface area is 204 Å². The Balaban J connectivity index is 0.000000384. The van der Waals surface area contributed by atoms with Crippen molar-refractivity contribution in [3.05, 3.63) is 54.2 Å². The van der Waals surface area contributed by atoms with Gasteiger partial charge in [-0.15, -0.1) is 0 Å². The monoisotopic (exact) mass is 506 g/mol. The van der Waals surface area contributed by atoms with E-state index in [1.54, 1.807) is 24.5 Å². The summed E-state index contributed by atoms with van der Waals surface area (Å²) in [5.41, 5.74) is 2.71. The van der Waals surface area contributed by atoms with Crippen molar-refractivity contribution in [3.8, 4) is 0 Å². The molecule has 0 spiro atoms. The van der Waals surface area contributed by atoms with E-state index in [-0.39, 0.29) is 11.8 Å². The van der Waals surface area contributed by atoms with Gasteiger partial charge in [0.25, 0.3) is 5.91 Å². The number of amides is 1. The van der Waals surface area contributed by atoms with Crippen LogP contribution in [0.1, 0.15) is 34.9 Å². The number of hydrogen-bond donors (Lipinski definition) is 1. The zero-order chi connectivity index (χ0) is 25.7. The molecule has 1 N–H and O–H groups in total. The number of anilines is 1. The van der Waals surface area contributed by atoms with Crippen LogP contribution in [0.4, 0.5) is 18.9 Å². The summed E-state index contributed by atoms with van der Waals surface area (Å²) in [5, 5.41) is 11.9. The molecule has 0 unspecified atom stereocenters. The second-order valence-corrected chi connectivity index (χ2v) is 8.36. The summed E-state index contributed by atoms with van der Waals surface area (Å²) in [7, 11) is 0. The number of nitrogens with zero attached hydrogens (tertiary/aromatic N) is 6. The van der Waals surface area contributed by atoms with E-state index in [1.165, 1.54) is 0 Å². The van der Waals surface area contributed by atoms with Gasteiger partial charge in [-0.2, -0.15) is 18.3 Å². The number of piperidine rings is 1.